The second kappa shape index (κ2) is 6.33. The molecule has 3 unspecified atom stereocenters. The zero-order chi connectivity index (χ0) is 12.0. The average Bonchev–Trinajstić information content (AvgIpc) is 2.14. The second-order valence-electron chi connectivity index (χ2n) is 3.08. The van der Waals surface area contributed by atoms with E-state index in [4.69, 9.17) is 25.5 Å². The van der Waals surface area contributed by atoms with E-state index >= 15 is 0 Å². The number of aliphatic hydroxyl groups excluding tert-OH is 3. The van der Waals surface area contributed by atoms with Gasteiger partial charge in [0.1, 0.15) is 12.7 Å². The molecule has 0 aromatic heterocycles. The lowest BCUT2D eigenvalue weighted by molar-refractivity contribution is -0.150. The van der Waals surface area contributed by atoms with E-state index in [0.29, 0.717) is 6.61 Å². The topological polar surface area (TPSA) is 135 Å². The van der Waals surface area contributed by atoms with Gasteiger partial charge in [-0.3, -0.25) is 9.59 Å². The van der Waals surface area contributed by atoms with E-state index in [2.05, 4.69) is 0 Å². The Bertz CT molecular complexity index is 227. The summed E-state index contributed by atoms with van der Waals surface area (Å²) in [5.41, 5.74) is 0. The maximum atomic E-state index is 10.6. The van der Waals surface area contributed by atoms with Crippen LogP contribution in [0.2, 0.25) is 0 Å². The number of hydrogen-bond donors (Lipinski definition) is 5. The van der Waals surface area contributed by atoms with Gasteiger partial charge in [-0.2, -0.15) is 0 Å². The van der Waals surface area contributed by atoms with Crippen molar-refractivity contribution in [1.82, 2.24) is 0 Å². The van der Waals surface area contributed by atoms with Gasteiger partial charge < -0.3 is 25.5 Å². The first-order chi connectivity index (χ1) is 6.88. The lowest BCUT2D eigenvalue weighted by Crippen LogP contribution is -2.31. The molecule has 7 nitrogen and oxygen atoms in total. The summed E-state index contributed by atoms with van der Waals surface area (Å²) in [6, 6.07) is 0. The number of rotatable bonds is 7. The van der Waals surface area contributed by atoms with E-state index in [1.807, 2.05) is 0 Å². The van der Waals surface area contributed by atoms with Crippen molar-refractivity contribution in [3.05, 3.63) is 6.61 Å². The zero-order valence-electron chi connectivity index (χ0n) is 7.78. The molecule has 0 fully saturated rings. The molecule has 7 heteroatoms. The van der Waals surface area contributed by atoms with Crippen molar-refractivity contribution < 1.29 is 35.1 Å². The van der Waals surface area contributed by atoms with Gasteiger partial charge in [-0.15, -0.1) is 0 Å². The minimum Gasteiger partial charge on any atom is -0.481 e. The summed E-state index contributed by atoms with van der Waals surface area (Å²) in [7, 11) is 0. The molecule has 0 heterocycles. The van der Waals surface area contributed by atoms with Crippen molar-refractivity contribution >= 4 is 11.9 Å². The minimum atomic E-state index is -1.58. The van der Waals surface area contributed by atoms with Crippen LogP contribution in [0, 0.1) is 12.5 Å². The maximum absolute atomic E-state index is 10.6. The highest BCUT2D eigenvalue weighted by molar-refractivity contribution is 5.77. The number of aliphatic hydroxyl groups is 3. The summed E-state index contributed by atoms with van der Waals surface area (Å²) in [6.07, 6.45) is -4.18. The van der Waals surface area contributed by atoms with E-state index in [1.165, 1.54) is 0 Å². The molecule has 0 bridgehead atoms. The minimum absolute atomic E-state index is 0.310. The molecule has 0 saturated heterocycles. The predicted molar refractivity (Wildman–Crippen MR) is 46.2 cm³/mol. The van der Waals surface area contributed by atoms with Crippen molar-refractivity contribution in [2.24, 2.45) is 5.92 Å². The van der Waals surface area contributed by atoms with Crippen molar-refractivity contribution in [3.63, 3.8) is 0 Å². The Morgan fingerprint density at radius 1 is 1.20 bits per heavy atom. The molecule has 5 N–H and O–H groups in total. The average molecular weight is 221 g/mol. The van der Waals surface area contributed by atoms with Gasteiger partial charge in [0.15, 0.2) is 0 Å². The molecule has 0 aliphatic rings. The van der Waals surface area contributed by atoms with Crippen molar-refractivity contribution in [3.8, 4) is 0 Å². The maximum Gasteiger partial charge on any atom is 0.307 e. The fraction of sp³-hybridized carbons (Fsp3) is 0.625. The van der Waals surface area contributed by atoms with Crippen LogP contribution >= 0.6 is 0 Å². The Kier molecular flexibility index (Phi) is 5.83. The monoisotopic (exact) mass is 221 g/mol. The molecule has 1 radical (unpaired) electrons. The first-order valence-corrected chi connectivity index (χ1v) is 4.16. The molecule has 0 saturated carbocycles. The van der Waals surface area contributed by atoms with Crippen molar-refractivity contribution in [1.29, 1.82) is 0 Å². The van der Waals surface area contributed by atoms with Crippen molar-refractivity contribution in [2.75, 3.05) is 0 Å². The lowest BCUT2D eigenvalue weighted by Gasteiger charge is -2.18. The Balaban J connectivity index is 4.28. The molecule has 0 amide bonds. The molecule has 0 spiro atoms. The van der Waals surface area contributed by atoms with Crippen LogP contribution in [0.3, 0.4) is 0 Å². The van der Waals surface area contributed by atoms with Crippen LogP contribution in [0.15, 0.2) is 0 Å². The summed E-state index contributed by atoms with van der Waals surface area (Å²) in [4.78, 5) is 20.8. The van der Waals surface area contributed by atoms with Gasteiger partial charge in [0.2, 0.25) is 0 Å². The highest BCUT2D eigenvalue weighted by atomic mass is 16.4. The van der Waals surface area contributed by atoms with Crippen LogP contribution in [0.4, 0.5) is 0 Å². The SMILES string of the molecule is O=C(O)CC(CC(O)C(O)[CH]O)C(=O)O. The van der Waals surface area contributed by atoms with E-state index in [1.54, 1.807) is 0 Å². The summed E-state index contributed by atoms with van der Waals surface area (Å²) >= 11 is 0. The van der Waals surface area contributed by atoms with E-state index in [0.717, 1.165) is 0 Å². The van der Waals surface area contributed by atoms with E-state index in [9.17, 15) is 9.59 Å². The largest absolute Gasteiger partial charge is 0.481 e. The fourth-order valence-electron chi connectivity index (χ4n) is 1.01. The third-order valence-corrected chi connectivity index (χ3v) is 1.84. The van der Waals surface area contributed by atoms with Crippen molar-refractivity contribution in [2.45, 2.75) is 25.0 Å². The molecule has 0 aliphatic carbocycles. The Morgan fingerprint density at radius 2 is 1.73 bits per heavy atom. The van der Waals surface area contributed by atoms with Crippen LogP contribution in [0.5, 0.6) is 0 Å². The Labute approximate surface area is 85.6 Å². The molecule has 0 aliphatic heterocycles. The van der Waals surface area contributed by atoms with Crippen LogP contribution < -0.4 is 0 Å². The zero-order valence-corrected chi connectivity index (χ0v) is 7.78. The highest BCUT2D eigenvalue weighted by Gasteiger charge is 2.27. The van der Waals surface area contributed by atoms with Crippen LogP contribution in [0.1, 0.15) is 12.8 Å². The number of carboxylic acid groups (broad SMARTS) is 2. The van der Waals surface area contributed by atoms with Gasteiger partial charge >= 0.3 is 11.9 Å². The molecular weight excluding hydrogens is 208 g/mol. The van der Waals surface area contributed by atoms with E-state index in [-0.39, 0.29) is 0 Å². The summed E-state index contributed by atoms with van der Waals surface area (Å²) in [5.74, 6) is -3.98. The number of carbonyl (C=O) groups is 2. The van der Waals surface area contributed by atoms with Gasteiger partial charge in [-0.05, 0) is 6.42 Å². The van der Waals surface area contributed by atoms with Gasteiger partial charge in [-0.25, -0.2) is 0 Å². The van der Waals surface area contributed by atoms with Crippen LogP contribution in [-0.2, 0) is 9.59 Å². The van der Waals surface area contributed by atoms with Gasteiger partial charge in [0, 0.05) is 0 Å². The number of hydrogen-bond acceptors (Lipinski definition) is 5. The smallest absolute Gasteiger partial charge is 0.307 e. The molecule has 0 aromatic rings. The lowest BCUT2D eigenvalue weighted by atomic mass is 9.96. The highest BCUT2D eigenvalue weighted by Crippen LogP contribution is 2.14. The first-order valence-electron chi connectivity index (χ1n) is 4.16. The van der Waals surface area contributed by atoms with Gasteiger partial charge in [0.25, 0.3) is 0 Å². The third kappa shape index (κ3) is 5.31. The summed E-state index contributed by atoms with van der Waals surface area (Å²) in [6.45, 7) is 0.310. The van der Waals surface area contributed by atoms with Crippen LogP contribution in [-0.4, -0.2) is 49.7 Å². The predicted octanol–water partition coefficient (Wildman–Crippen LogP) is -1.19. The molecule has 3 atom stereocenters. The quantitative estimate of drug-likeness (QED) is 0.364. The molecule has 87 valence electrons. The standard InChI is InChI=1S/C8H13O7/c9-3-6(11)5(10)1-4(8(14)15)2-7(12)13/h3-6,9-11H,1-2H2,(H,12,13)(H,14,15). The third-order valence-electron chi connectivity index (χ3n) is 1.84. The Morgan fingerprint density at radius 3 is 2.07 bits per heavy atom. The fourth-order valence-corrected chi connectivity index (χ4v) is 1.01. The molecule has 0 aromatic carbocycles. The Hall–Kier alpha value is -1.18. The second-order valence-corrected chi connectivity index (χ2v) is 3.08. The normalized spacial score (nSPS) is 16.7. The molecular formula is C8H13O7. The molecule has 0 rings (SSSR count). The van der Waals surface area contributed by atoms with E-state index < -0.39 is 42.9 Å². The van der Waals surface area contributed by atoms with Gasteiger partial charge in [0.05, 0.1) is 18.4 Å². The number of carboxylic acids is 2. The van der Waals surface area contributed by atoms with Gasteiger partial charge in [-0.1, -0.05) is 0 Å². The molecule has 15 heavy (non-hydrogen) atoms. The summed E-state index contributed by atoms with van der Waals surface area (Å²) < 4.78 is 0. The first kappa shape index (κ1) is 13.8. The summed E-state index contributed by atoms with van der Waals surface area (Å²) in [5, 5.41) is 43.4. The van der Waals surface area contributed by atoms with Crippen LogP contribution in [0.25, 0.3) is 0 Å². The number of aliphatic carboxylic acids is 2.